The van der Waals surface area contributed by atoms with E-state index in [2.05, 4.69) is 5.32 Å². The fourth-order valence-corrected chi connectivity index (χ4v) is 2.35. The van der Waals surface area contributed by atoms with E-state index in [0.717, 1.165) is 6.07 Å². The summed E-state index contributed by atoms with van der Waals surface area (Å²) in [7, 11) is 1.41. The number of methoxy groups -OCH3 is 1. The molecule has 0 atom stereocenters. The maximum Gasteiger partial charge on any atom is 0.346 e. The second-order valence-electron chi connectivity index (χ2n) is 5.58. The molecule has 1 N–H and O–H groups in total. The molecule has 5 nitrogen and oxygen atoms in total. The van der Waals surface area contributed by atoms with Crippen molar-refractivity contribution in [3.05, 3.63) is 89.7 Å². The van der Waals surface area contributed by atoms with Gasteiger partial charge in [0.05, 0.1) is 12.7 Å². The van der Waals surface area contributed by atoms with Crippen molar-refractivity contribution in [3.8, 4) is 11.5 Å². The molecule has 1 amide bonds. The zero-order valence-electron chi connectivity index (χ0n) is 14.4. The first-order chi connectivity index (χ1) is 13.1. The van der Waals surface area contributed by atoms with Crippen molar-refractivity contribution >= 4 is 17.6 Å². The molecule has 3 rings (SSSR count). The van der Waals surface area contributed by atoms with Crippen LogP contribution in [0.4, 0.5) is 10.1 Å². The first-order valence-electron chi connectivity index (χ1n) is 8.09. The zero-order chi connectivity index (χ0) is 19.2. The Morgan fingerprint density at radius 2 is 1.56 bits per heavy atom. The van der Waals surface area contributed by atoms with E-state index in [1.165, 1.54) is 31.4 Å². The van der Waals surface area contributed by atoms with Crippen molar-refractivity contribution in [1.82, 2.24) is 0 Å². The van der Waals surface area contributed by atoms with E-state index >= 15 is 0 Å². The van der Waals surface area contributed by atoms with Crippen molar-refractivity contribution < 1.29 is 23.5 Å². The van der Waals surface area contributed by atoms with Gasteiger partial charge < -0.3 is 14.8 Å². The standard InChI is InChI=1S/C21H16FNO4/c1-26-17-11-12-18(19(22)13-17)21(25)27-16-9-7-15(8-10-16)23-20(24)14-5-3-2-4-6-14/h2-13H,1H3,(H,23,24). The van der Waals surface area contributed by atoms with Gasteiger partial charge in [-0.3, -0.25) is 4.79 Å². The summed E-state index contributed by atoms with van der Waals surface area (Å²) >= 11 is 0. The van der Waals surface area contributed by atoms with Crippen molar-refractivity contribution in [3.63, 3.8) is 0 Å². The quantitative estimate of drug-likeness (QED) is 0.541. The Morgan fingerprint density at radius 3 is 2.19 bits per heavy atom. The number of rotatable bonds is 5. The third-order valence-corrected chi connectivity index (χ3v) is 3.75. The van der Waals surface area contributed by atoms with Crippen LogP contribution in [0.3, 0.4) is 0 Å². The Kier molecular flexibility index (Phi) is 5.47. The molecule has 0 aliphatic heterocycles. The normalized spacial score (nSPS) is 10.1. The van der Waals surface area contributed by atoms with Crippen LogP contribution in [0, 0.1) is 5.82 Å². The molecule has 0 unspecified atom stereocenters. The zero-order valence-corrected chi connectivity index (χ0v) is 14.4. The molecule has 0 saturated carbocycles. The number of amides is 1. The van der Waals surface area contributed by atoms with Crippen LogP contribution in [0.15, 0.2) is 72.8 Å². The summed E-state index contributed by atoms with van der Waals surface area (Å²) < 4.78 is 24.0. The van der Waals surface area contributed by atoms with Gasteiger partial charge in [-0.1, -0.05) is 18.2 Å². The predicted octanol–water partition coefficient (Wildman–Crippen LogP) is 4.31. The van der Waals surface area contributed by atoms with Crippen LogP contribution in [-0.4, -0.2) is 19.0 Å². The molecule has 3 aromatic rings. The minimum absolute atomic E-state index is 0.197. The second-order valence-corrected chi connectivity index (χ2v) is 5.58. The van der Waals surface area contributed by atoms with Crippen LogP contribution in [0.25, 0.3) is 0 Å². The maximum atomic E-state index is 13.9. The van der Waals surface area contributed by atoms with Crippen LogP contribution in [0.5, 0.6) is 11.5 Å². The van der Waals surface area contributed by atoms with E-state index < -0.39 is 11.8 Å². The third kappa shape index (κ3) is 4.49. The van der Waals surface area contributed by atoms with Crippen LogP contribution in [0.2, 0.25) is 0 Å². The van der Waals surface area contributed by atoms with E-state index in [-0.39, 0.29) is 17.2 Å². The first kappa shape index (κ1) is 18.1. The van der Waals surface area contributed by atoms with E-state index in [4.69, 9.17) is 9.47 Å². The fourth-order valence-electron chi connectivity index (χ4n) is 2.35. The largest absolute Gasteiger partial charge is 0.497 e. The Morgan fingerprint density at radius 1 is 0.889 bits per heavy atom. The summed E-state index contributed by atoms with van der Waals surface area (Å²) in [6, 6.07) is 18.9. The summed E-state index contributed by atoms with van der Waals surface area (Å²) in [4.78, 5) is 24.2. The molecule has 27 heavy (non-hydrogen) atoms. The summed E-state index contributed by atoms with van der Waals surface area (Å²) in [5.74, 6) is -1.27. The van der Waals surface area contributed by atoms with Crippen LogP contribution >= 0.6 is 0 Å². The van der Waals surface area contributed by atoms with Crippen LogP contribution < -0.4 is 14.8 Å². The average Bonchev–Trinajstić information content (AvgIpc) is 2.69. The highest BCUT2D eigenvalue weighted by atomic mass is 19.1. The molecule has 136 valence electrons. The lowest BCUT2D eigenvalue weighted by Gasteiger charge is -2.08. The molecule has 6 heteroatoms. The van der Waals surface area contributed by atoms with Crippen molar-refractivity contribution in [1.29, 1.82) is 0 Å². The topological polar surface area (TPSA) is 64.6 Å². The number of benzene rings is 3. The van der Waals surface area contributed by atoms with E-state index in [1.807, 2.05) is 6.07 Å². The first-order valence-corrected chi connectivity index (χ1v) is 8.09. The summed E-state index contributed by atoms with van der Waals surface area (Å²) in [6.45, 7) is 0. The number of anilines is 1. The minimum Gasteiger partial charge on any atom is -0.497 e. The molecule has 0 heterocycles. The number of ether oxygens (including phenoxy) is 2. The molecular weight excluding hydrogens is 349 g/mol. The highest BCUT2D eigenvalue weighted by Crippen LogP contribution is 2.20. The lowest BCUT2D eigenvalue weighted by Crippen LogP contribution is -2.12. The lowest BCUT2D eigenvalue weighted by atomic mass is 10.2. The molecule has 0 bridgehead atoms. The highest BCUT2D eigenvalue weighted by Gasteiger charge is 2.15. The van der Waals surface area contributed by atoms with Crippen LogP contribution in [0.1, 0.15) is 20.7 Å². The third-order valence-electron chi connectivity index (χ3n) is 3.75. The van der Waals surface area contributed by atoms with Gasteiger partial charge in [0.25, 0.3) is 5.91 Å². The summed E-state index contributed by atoms with van der Waals surface area (Å²) in [5.41, 5.74) is 0.875. The molecule has 0 fully saturated rings. The van der Waals surface area contributed by atoms with Gasteiger partial charge in [-0.05, 0) is 48.5 Å². The van der Waals surface area contributed by atoms with Crippen LogP contribution in [-0.2, 0) is 0 Å². The maximum absolute atomic E-state index is 13.9. The highest BCUT2D eigenvalue weighted by molar-refractivity contribution is 6.04. The fraction of sp³-hybridized carbons (Fsp3) is 0.0476. The van der Waals surface area contributed by atoms with Gasteiger partial charge in [-0.25, -0.2) is 9.18 Å². The molecule has 3 aromatic carbocycles. The van der Waals surface area contributed by atoms with Gasteiger partial charge in [0.15, 0.2) is 0 Å². The number of hydrogen-bond donors (Lipinski definition) is 1. The number of halogens is 1. The van der Waals surface area contributed by atoms with Crippen molar-refractivity contribution in [2.75, 3.05) is 12.4 Å². The minimum atomic E-state index is -0.823. The van der Waals surface area contributed by atoms with Gasteiger partial charge in [0.1, 0.15) is 17.3 Å². The van der Waals surface area contributed by atoms with Gasteiger partial charge in [0, 0.05) is 17.3 Å². The molecule has 0 radical (unpaired) electrons. The predicted molar refractivity (Wildman–Crippen MR) is 98.7 cm³/mol. The summed E-state index contributed by atoms with van der Waals surface area (Å²) in [6.07, 6.45) is 0. The van der Waals surface area contributed by atoms with Gasteiger partial charge in [0.2, 0.25) is 0 Å². The smallest absolute Gasteiger partial charge is 0.346 e. The van der Waals surface area contributed by atoms with Gasteiger partial charge in [-0.15, -0.1) is 0 Å². The monoisotopic (exact) mass is 365 g/mol. The number of nitrogens with one attached hydrogen (secondary N) is 1. The molecule has 0 aliphatic carbocycles. The summed E-state index contributed by atoms with van der Waals surface area (Å²) in [5, 5.41) is 2.74. The number of carbonyl (C=O) groups excluding carboxylic acids is 2. The van der Waals surface area contributed by atoms with E-state index in [9.17, 15) is 14.0 Å². The van der Waals surface area contributed by atoms with Crippen molar-refractivity contribution in [2.45, 2.75) is 0 Å². The Labute approximate surface area is 155 Å². The van der Waals surface area contributed by atoms with E-state index in [0.29, 0.717) is 17.0 Å². The number of carbonyl (C=O) groups is 2. The SMILES string of the molecule is COc1ccc(C(=O)Oc2ccc(NC(=O)c3ccccc3)cc2)c(F)c1. The lowest BCUT2D eigenvalue weighted by molar-refractivity contribution is 0.0729. The molecule has 0 aromatic heterocycles. The Bertz CT molecular complexity index is 956. The molecule has 0 aliphatic rings. The van der Waals surface area contributed by atoms with Crippen molar-refractivity contribution in [2.24, 2.45) is 0 Å². The Balaban J connectivity index is 1.65. The second kappa shape index (κ2) is 8.14. The molecular formula is C21H16FNO4. The Hall–Kier alpha value is -3.67. The van der Waals surface area contributed by atoms with Gasteiger partial charge in [-0.2, -0.15) is 0 Å². The number of hydrogen-bond acceptors (Lipinski definition) is 4. The van der Waals surface area contributed by atoms with Gasteiger partial charge >= 0.3 is 5.97 Å². The van der Waals surface area contributed by atoms with E-state index in [1.54, 1.807) is 36.4 Å². The molecule has 0 spiro atoms. The molecule has 0 saturated heterocycles. The number of esters is 1. The average molecular weight is 365 g/mol.